The van der Waals surface area contributed by atoms with E-state index in [2.05, 4.69) is 23.4 Å². The number of carbonyl (C=O) groups is 1. The molecule has 2 aromatic rings. The molecule has 1 amide bonds. The predicted molar refractivity (Wildman–Crippen MR) is 107 cm³/mol. The van der Waals surface area contributed by atoms with E-state index in [1.54, 1.807) is 0 Å². The van der Waals surface area contributed by atoms with Crippen molar-refractivity contribution in [3.63, 3.8) is 0 Å². The molecule has 0 saturated carbocycles. The number of fused-ring (bicyclic) bond motifs is 2. The van der Waals surface area contributed by atoms with E-state index >= 15 is 0 Å². The second-order valence-electron chi connectivity index (χ2n) is 8.21. The van der Waals surface area contributed by atoms with Crippen molar-refractivity contribution < 1.29 is 18.0 Å². The summed E-state index contributed by atoms with van der Waals surface area (Å²) in [5, 5.41) is 16.6. The van der Waals surface area contributed by atoms with Crippen LogP contribution in [-0.4, -0.2) is 15.7 Å². The van der Waals surface area contributed by atoms with E-state index in [-0.39, 0.29) is 12.1 Å². The Hall–Kier alpha value is -2.34. The third kappa shape index (κ3) is 3.97. The summed E-state index contributed by atoms with van der Waals surface area (Å²) < 4.78 is 41.6. The monoisotopic (exact) mass is 436 g/mol. The van der Waals surface area contributed by atoms with Gasteiger partial charge in [0, 0.05) is 16.1 Å². The highest BCUT2D eigenvalue weighted by Crippen LogP contribution is 2.39. The fourth-order valence-electron chi connectivity index (χ4n) is 4.47. The molecule has 4 rings (SSSR count). The summed E-state index contributed by atoms with van der Waals surface area (Å²) in [6.45, 7) is 1.87. The van der Waals surface area contributed by atoms with Crippen LogP contribution in [0, 0.1) is 17.2 Å². The molecule has 0 fully saturated rings. The van der Waals surface area contributed by atoms with Crippen molar-refractivity contribution in [3.05, 3.63) is 33.0 Å². The molecule has 160 valence electrons. The molecule has 0 bridgehead atoms. The highest BCUT2D eigenvalue weighted by Gasteiger charge is 2.39. The Kier molecular flexibility index (Phi) is 5.62. The van der Waals surface area contributed by atoms with Crippen LogP contribution in [0.25, 0.3) is 0 Å². The number of alkyl halides is 3. The lowest BCUT2D eigenvalue weighted by Crippen LogP contribution is -2.21. The fourth-order valence-corrected chi connectivity index (χ4v) is 5.84. The molecule has 0 saturated heterocycles. The summed E-state index contributed by atoms with van der Waals surface area (Å²) in [4.78, 5) is 13.8. The van der Waals surface area contributed by atoms with Gasteiger partial charge in [0.1, 0.15) is 17.6 Å². The third-order valence-corrected chi connectivity index (χ3v) is 7.11. The van der Waals surface area contributed by atoms with Gasteiger partial charge in [-0.05, 0) is 56.4 Å². The van der Waals surface area contributed by atoms with Gasteiger partial charge in [-0.15, -0.1) is 11.3 Å². The molecule has 9 heteroatoms. The van der Waals surface area contributed by atoms with Crippen molar-refractivity contribution >= 4 is 22.2 Å². The van der Waals surface area contributed by atoms with Crippen molar-refractivity contribution in [2.75, 3.05) is 5.32 Å². The molecule has 2 aliphatic rings. The molecule has 30 heavy (non-hydrogen) atoms. The van der Waals surface area contributed by atoms with E-state index in [1.807, 2.05) is 0 Å². The Morgan fingerprint density at radius 3 is 2.77 bits per heavy atom. The number of nitriles is 1. The topological polar surface area (TPSA) is 70.7 Å². The Labute approximate surface area is 176 Å². The molecule has 0 aromatic carbocycles. The number of rotatable bonds is 3. The zero-order valence-electron chi connectivity index (χ0n) is 16.7. The number of carbonyl (C=O) groups excluding carboxylic acids is 1. The number of amides is 1. The van der Waals surface area contributed by atoms with Gasteiger partial charge < -0.3 is 5.32 Å². The smallest absolute Gasteiger partial charge is 0.315 e. The molecule has 0 unspecified atom stereocenters. The first kappa shape index (κ1) is 20.9. The molecular weight excluding hydrogens is 413 g/mol. The van der Waals surface area contributed by atoms with Crippen LogP contribution in [0.5, 0.6) is 0 Å². The average Bonchev–Trinajstić information content (AvgIpc) is 3.07. The summed E-state index contributed by atoms with van der Waals surface area (Å²) in [6.07, 6.45) is 1.33. The van der Waals surface area contributed by atoms with Gasteiger partial charge in [0.25, 0.3) is 0 Å². The predicted octanol–water partition coefficient (Wildman–Crippen LogP) is 4.87. The van der Waals surface area contributed by atoms with Crippen LogP contribution in [0.4, 0.5) is 18.2 Å². The van der Waals surface area contributed by atoms with Crippen LogP contribution in [0.1, 0.15) is 65.6 Å². The largest absolute Gasteiger partial charge is 0.435 e. The van der Waals surface area contributed by atoms with E-state index in [0.717, 1.165) is 42.5 Å². The summed E-state index contributed by atoms with van der Waals surface area (Å²) >= 11 is 1.41. The molecule has 0 aliphatic heterocycles. The molecule has 2 aliphatic carbocycles. The first-order chi connectivity index (χ1) is 14.3. The van der Waals surface area contributed by atoms with Crippen molar-refractivity contribution in [1.29, 1.82) is 5.26 Å². The number of aromatic nitrogens is 2. The van der Waals surface area contributed by atoms with E-state index < -0.39 is 17.8 Å². The van der Waals surface area contributed by atoms with E-state index in [0.29, 0.717) is 41.4 Å². The van der Waals surface area contributed by atoms with Gasteiger partial charge in [-0.1, -0.05) is 13.3 Å². The summed E-state index contributed by atoms with van der Waals surface area (Å²) in [5.74, 6) is 0.0768. The van der Waals surface area contributed by atoms with Gasteiger partial charge in [0.2, 0.25) is 5.91 Å². The number of nitrogens with one attached hydrogen (secondary N) is 1. The van der Waals surface area contributed by atoms with Gasteiger partial charge in [-0.3, -0.25) is 9.48 Å². The maximum atomic E-state index is 13.5. The third-order valence-electron chi connectivity index (χ3n) is 5.95. The molecule has 0 radical (unpaired) electrons. The van der Waals surface area contributed by atoms with E-state index in [1.165, 1.54) is 16.0 Å². The molecule has 5 nitrogen and oxygen atoms in total. The standard InChI is InChI=1S/C21H23F3N4OS/c1-12-7-8-13-15(10-25)20(30-17(13)9-12)26-18(29)11-28-16-6-4-2-3-5-14(16)19(27-28)21(22,23)24/h12H,2-9,11H2,1H3,(H,26,29)/t12-/m1/s1. The maximum Gasteiger partial charge on any atom is 0.435 e. The molecular formula is C21H23F3N4OS. The fraction of sp³-hybridized carbons (Fsp3) is 0.571. The second kappa shape index (κ2) is 8.06. The first-order valence-electron chi connectivity index (χ1n) is 10.3. The second-order valence-corrected chi connectivity index (χ2v) is 9.31. The van der Waals surface area contributed by atoms with Crippen molar-refractivity contribution in [2.24, 2.45) is 5.92 Å². The minimum Gasteiger partial charge on any atom is -0.315 e. The minimum atomic E-state index is -4.53. The van der Waals surface area contributed by atoms with Gasteiger partial charge >= 0.3 is 6.18 Å². The van der Waals surface area contributed by atoms with Crippen LogP contribution < -0.4 is 5.32 Å². The Bertz CT molecular complexity index is 1020. The average molecular weight is 437 g/mol. The highest BCUT2D eigenvalue weighted by atomic mass is 32.1. The summed E-state index contributed by atoms with van der Waals surface area (Å²) in [6, 6.07) is 2.19. The molecule has 2 aromatic heterocycles. The number of thiophene rings is 1. The SMILES string of the molecule is C[C@@H]1CCc2c(sc(NC(=O)Cn3nc(C(F)(F)F)c4c3CCCCC4)c2C#N)C1. The van der Waals surface area contributed by atoms with Crippen molar-refractivity contribution in [2.45, 2.75) is 71.0 Å². The van der Waals surface area contributed by atoms with Crippen LogP contribution >= 0.6 is 11.3 Å². The quantitative estimate of drug-likeness (QED) is 0.698. The summed E-state index contributed by atoms with van der Waals surface area (Å²) in [5.41, 5.74) is 1.36. The van der Waals surface area contributed by atoms with Gasteiger partial charge in [0.05, 0.1) is 5.56 Å². The number of halogens is 3. The van der Waals surface area contributed by atoms with Crippen LogP contribution in [0.2, 0.25) is 0 Å². The lowest BCUT2D eigenvalue weighted by Gasteiger charge is -2.17. The lowest BCUT2D eigenvalue weighted by molar-refractivity contribution is -0.142. The van der Waals surface area contributed by atoms with Crippen LogP contribution in [0.15, 0.2) is 0 Å². The highest BCUT2D eigenvalue weighted by molar-refractivity contribution is 7.16. The summed E-state index contributed by atoms with van der Waals surface area (Å²) in [7, 11) is 0. The van der Waals surface area contributed by atoms with E-state index in [9.17, 15) is 23.2 Å². The van der Waals surface area contributed by atoms with Gasteiger partial charge in [-0.25, -0.2) is 0 Å². The van der Waals surface area contributed by atoms with Gasteiger partial charge in [-0.2, -0.15) is 23.5 Å². The number of anilines is 1. The van der Waals surface area contributed by atoms with Crippen LogP contribution in [-0.2, 0) is 43.2 Å². The Morgan fingerprint density at radius 1 is 1.27 bits per heavy atom. The van der Waals surface area contributed by atoms with Crippen molar-refractivity contribution in [1.82, 2.24) is 9.78 Å². The van der Waals surface area contributed by atoms with Gasteiger partial charge in [0.15, 0.2) is 5.69 Å². The molecule has 0 spiro atoms. The molecule has 1 N–H and O–H groups in total. The Morgan fingerprint density at radius 2 is 2.03 bits per heavy atom. The van der Waals surface area contributed by atoms with E-state index in [4.69, 9.17) is 0 Å². The number of hydrogen-bond acceptors (Lipinski definition) is 4. The minimum absolute atomic E-state index is 0.228. The zero-order valence-corrected chi connectivity index (χ0v) is 17.5. The number of nitrogens with zero attached hydrogens (tertiary/aromatic N) is 3. The molecule has 1 atom stereocenters. The molecule has 2 heterocycles. The van der Waals surface area contributed by atoms with Crippen molar-refractivity contribution in [3.8, 4) is 6.07 Å². The zero-order chi connectivity index (χ0) is 21.5. The number of hydrogen-bond donors (Lipinski definition) is 1. The maximum absolute atomic E-state index is 13.5. The lowest BCUT2D eigenvalue weighted by atomic mass is 9.89. The van der Waals surface area contributed by atoms with Crippen LogP contribution in [0.3, 0.4) is 0 Å². The Balaban J connectivity index is 1.58. The normalized spacial score (nSPS) is 18.8. The first-order valence-corrected chi connectivity index (χ1v) is 11.1.